The van der Waals surface area contributed by atoms with Crippen LogP contribution in [0.5, 0.6) is 17.2 Å². The number of benzene rings is 2. The number of hydrogen-bond donors (Lipinski definition) is 0. The van der Waals surface area contributed by atoms with Crippen LogP contribution >= 0.6 is 0 Å². The summed E-state index contributed by atoms with van der Waals surface area (Å²) in [5, 5.41) is 0. The summed E-state index contributed by atoms with van der Waals surface area (Å²) in [6.45, 7) is 0. The molecule has 0 N–H and O–H groups in total. The van der Waals surface area contributed by atoms with E-state index in [1.54, 1.807) is 62.8 Å². The van der Waals surface area contributed by atoms with Crippen LogP contribution in [0.2, 0.25) is 0 Å². The number of carbonyl (C=O) groups excluding carboxylic acids is 1. The van der Waals surface area contributed by atoms with E-state index in [2.05, 4.69) is 21.2 Å². The number of pyridine rings is 1. The number of aromatic nitrogens is 1. The third-order valence-corrected chi connectivity index (χ3v) is 6.07. The fourth-order valence-corrected chi connectivity index (χ4v) is 3.94. The fourth-order valence-electron chi connectivity index (χ4n) is 2.75. The monoisotopic (exact) mass is 450 g/mol. The summed E-state index contributed by atoms with van der Waals surface area (Å²) in [5.74, 6) is 7.09. The lowest BCUT2D eigenvalue weighted by atomic mass is 10.1. The van der Waals surface area contributed by atoms with E-state index >= 15 is 0 Å². The maximum atomic E-state index is 13.0. The molecule has 32 heavy (non-hydrogen) atoms. The Kier molecular flexibility index (Phi) is 7.13. The van der Waals surface area contributed by atoms with E-state index in [9.17, 15) is 9.00 Å². The third-order valence-electron chi connectivity index (χ3n) is 4.42. The Hall–Kier alpha value is -3.83. The number of hydrogen-bond acceptors (Lipinski definition) is 6. The van der Waals surface area contributed by atoms with E-state index in [0.717, 1.165) is 0 Å². The molecule has 2 aromatic carbocycles. The summed E-state index contributed by atoms with van der Waals surface area (Å²) in [5.41, 5.74) is 1.38. The van der Waals surface area contributed by atoms with Crippen LogP contribution in [0.4, 0.5) is 0 Å². The molecule has 0 aliphatic carbocycles. The molecule has 0 saturated heterocycles. The predicted octanol–water partition coefficient (Wildman–Crippen LogP) is 3.80. The zero-order chi connectivity index (χ0) is 23.1. The Bertz CT molecular complexity index is 1310. The van der Waals surface area contributed by atoms with E-state index in [1.807, 2.05) is 0 Å². The summed E-state index contributed by atoms with van der Waals surface area (Å²) >= 11 is 0. The van der Waals surface area contributed by atoms with Crippen LogP contribution in [-0.4, -0.2) is 42.7 Å². The average Bonchev–Trinajstić information content (AvgIpc) is 2.82. The molecule has 1 amide bonds. The topological polar surface area (TPSA) is 87.1 Å². The van der Waals surface area contributed by atoms with Gasteiger partial charge in [0.25, 0.3) is 5.91 Å². The smallest absolute Gasteiger partial charge is 0.286 e. The van der Waals surface area contributed by atoms with Gasteiger partial charge in [0.1, 0.15) is 17.2 Å². The van der Waals surface area contributed by atoms with Crippen molar-refractivity contribution in [2.75, 3.05) is 27.6 Å². The van der Waals surface area contributed by atoms with Crippen molar-refractivity contribution in [3.63, 3.8) is 0 Å². The van der Waals surface area contributed by atoms with E-state index in [-0.39, 0.29) is 5.56 Å². The van der Waals surface area contributed by atoms with Gasteiger partial charge < -0.3 is 14.2 Å². The van der Waals surface area contributed by atoms with Gasteiger partial charge in [-0.3, -0.25) is 9.78 Å². The Labute approximate surface area is 187 Å². The molecule has 1 heterocycles. The largest absolute Gasteiger partial charge is 0.497 e. The Morgan fingerprint density at radius 3 is 2.19 bits per heavy atom. The van der Waals surface area contributed by atoms with Gasteiger partial charge >= 0.3 is 0 Å². The molecule has 1 atom stereocenters. The van der Waals surface area contributed by atoms with Crippen LogP contribution in [0, 0.1) is 11.8 Å². The molecule has 164 valence electrons. The van der Waals surface area contributed by atoms with Crippen LogP contribution in [0.15, 0.2) is 70.2 Å². The minimum atomic E-state index is -2.97. The average molecular weight is 451 g/mol. The second-order valence-corrected chi connectivity index (χ2v) is 8.95. The highest BCUT2D eigenvalue weighted by Gasteiger charge is 2.13. The van der Waals surface area contributed by atoms with Crippen molar-refractivity contribution in [2.24, 2.45) is 4.36 Å². The van der Waals surface area contributed by atoms with Crippen molar-refractivity contribution < 1.29 is 23.2 Å². The molecule has 3 rings (SSSR count). The van der Waals surface area contributed by atoms with Crippen LogP contribution in [0.1, 0.15) is 21.5 Å². The first kappa shape index (κ1) is 22.8. The van der Waals surface area contributed by atoms with Crippen molar-refractivity contribution in [3.8, 4) is 29.1 Å². The molecule has 0 saturated carbocycles. The summed E-state index contributed by atoms with van der Waals surface area (Å²) in [7, 11) is 1.67. The standard InChI is InChI=1S/C24H22N2O5S/c1-29-20-6-5-7-23(14-20)32(4,28)26-24(27)19-10-18(15-25-16-19)9-8-17-11-21(30-2)13-22(12-17)31-3/h5-7,10-16H,1-4H3. The number of amides is 1. The zero-order valence-corrected chi connectivity index (χ0v) is 18.9. The lowest BCUT2D eigenvalue weighted by Gasteiger charge is -2.06. The van der Waals surface area contributed by atoms with Crippen LogP contribution in [0.25, 0.3) is 0 Å². The van der Waals surface area contributed by atoms with Crippen molar-refractivity contribution in [3.05, 3.63) is 77.6 Å². The zero-order valence-electron chi connectivity index (χ0n) is 18.1. The first-order chi connectivity index (χ1) is 15.3. The Morgan fingerprint density at radius 1 is 0.875 bits per heavy atom. The van der Waals surface area contributed by atoms with Gasteiger partial charge in [-0.05, 0) is 36.4 Å². The maximum absolute atomic E-state index is 13.0. The first-order valence-electron chi connectivity index (χ1n) is 9.45. The van der Waals surface area contributed by atoms with Gasteiger partial charge in [-0.25, -0.2) is 4.21 Å². The summed E-state index contributed by atoms with van der Waals surface area (Å²) in [6.07, 6.45) is 4.31. The van der Waals surface area contributed by atoms with Crippen LogP contribution < -0.4 is 14.2 Å². The van der Waals surface area contributed by atoms with Gasteiger partial charge in [-0.2, -0.15) is 4.36 Å². The van der Waals surface area contributed by atoms with Gasteiger partial charge in [-0.15, -0.1) is 0 Å². The molecule has 8 heteroatoms. The van der Waals surface area contributed by atoms with Gasteiger partial charge in [0.15, 0.2) is 0 Å². The van der Waals surface area contributed by atoms with Crippen LogP contribution in [0.3, 0.4) is 0 Å². The molecule has 0 aliphatic rings. The molecule has 1 unspecified atom stereocenters. The predicted molar refractivity (Wildman–Crippen MR) is 122 cm³/mol. The summed E-state index contributed by atoms with van der Waals surface area (Å²) in [4.78, 5) is 17.2. The van der Waals surface area contributed by atoms with Crippen molar-refractivity contribution in [2.45, 2.75) is 4.90 Å². The molecule has 0 spiro atoms. The van der Waals surface area contributed by atoms with Gasteiger partial charge in [0.2, 0.25) is 0 Å². The van der Waals surface area contributed by atoms with Crippen molar-refractivity contribution >= 4 is 15.6 Å². The highest BCUT2D eigenvalue weighted by molar-refractivity contribution is 7.93. The van der Waals surface area contributed by atoms with Crippen LogP contribution in [-0.2, 0) is 9.73 Å². The van der Waals surface area contributed by atoms with E-state index < -0.39 is 15.6 Å². The van der Waals surface area contributed by atoms with Gasteiger partial charge in [0, 0.05) is 35.8 Å². The quantitative estimate of drug-likeness (QED) is 0.550. The highest BCUT2D eigenvalue weighted by Crippen LogP contribution is 2.22. The first-order valence-corrected chi connectivity index (χ1v) is 11.4. The van der Waals surface area contributed by atoms with E-state index in [0.29, 0.717) is 33.3 Å². The second-order valence-electron chi connectivity index (χ2n) is 6.69. The normalized spacial score (nSPS) is 12.0. The van der Waals surface area contributed by atoms with Crippen molar-refractivity contribution in [1.29, 1.82) is 0 Å². The lowest BCUT2D eigenvalue weighted by Crippen LogP contribution is -2.05. The molecule has 1 aromatic heterocycles. The molecule has 0 fully saturated rings. The number of ether oxygens (including phenoxy) is 3. The molecular weight excluding hydrogens is 428 g/mol. The van der Waals surface area contributed by atoms with E-state index in [4.69, 9.17) is 14.2 Å². The minimum Gasteiger partial charge on any atom is -0.497 e. The van der Waals surface area contributed by atoms with E-state index in [1.165, 1.54) is 25.8 Å². The Morgan fingerprint density at radius 2 is 1.53 bits per heavy atom. The third kappa shape index (κ3) is 5.65. The molecule has 0 radical (unpaired) electrons. The summed E-state index contributed by atoms with van der Waals surface area (Å²) < 4.78 is 32.6. The molecule has 7 nitrogen and oxygen atoms in total. The summed E-state index contributed by atoms with van der Waals surface area (Å²) in [6, 6.07) is 13.5. The lowest BCUT2D eigenvalue weighted by molar-refractivity contribution is 0.100. The number of nitrogens with zero attached hydrogens (tertiary/aromatic N) is 2. The molecule has 3 aromatic rings. The maximum Gasteiger partial charge on any atom is 0.286 e. The van der Waals surface area contributed by atoms with Gasteiger partial charge in [-0.1, -0.05) is 17.9 Å². The molecule has 0 bridgehead atoms. The minimum absolute atomic E-state index is 0.192. The SMILES string of the molecule is COc1cc(C#Cc2cncc(C(=O)N=S(C)(=O)c3cccc(OC)c3)c2)cc(OC)c1. The number of carbonyl (C=O) groups is 1. The highest BCUT2D eigenvalue weighted by atomic mass is 32.2. The van der Waals surface area contributed by atoms with Crippen molar-refractivity contribution in [1.82, 2.24) is 4.98 Å². The Balaban J connectivity index is 1.90. The molecule has 0 aliphatic heterocycles. The fraction of sp³-hybridized carbons (Fsp3) is 0.167. The number of methoxy groups -OCH3 is 3. The molecular formula is C24H22N2O5S. The second kappa shape index (κ2) is 9.98. The number of rotatable bonds is 5. The van der Waals surface area contributed by atoms with Gasteiger partial charge in [0.05, 0.1) is 41.5 Å².